The summed E-state index contributed by atoms with van der Waals surface area (Å²) in [5, 5.41) is 0. The van der Waals surface area contributed by atoms with E-state index in [-0.39, 0.29) is 17.1 Å². The second-order valence-corrected chi connectivity index (χ2v) is 10.3. The summed E-state index contributed by atoms with van der Waals surface area (Å²) in [7, 11) is 2.79. The third kappa shape index (κ3) is 16.9. The van der Waals surface area contributed by atoms with Gasteiger partial charge in [-0.1, -0.05) is 0 Å². The summed E-state index contributed by atoms with van der Waals surface area (Å²) in [5.74, 6) is 0. The van der Waals surface area contributed by atoms with Crippen molar-refractivity contribution in [3.8, 4) is 0 Å². The fourth-order valence-electron chi connectivity index (χ4n) is 2.57. The number of hydrogen-bond donors (Lipinski definition) is 0. The van der Waals surface area contributed by atoms with E-state index in [4.69, 9.17) is 0 Å². The van der Waals surface area contributed by atoms with Crippen molar-refractivity contribution in [3.05, 3.63) is 0 Å². The summed E-state index contributed by atoms with van der Waals surface area (Å²) >= 11 is 0. The van der Waals surface area contributed by atoms with Gasteiger partial charge in [-0.15, -0.1) is 0 Å². The minimum Gasteiger partial charge on any atom is -0.418 e. The Morgan fingerprint density at radius 3 is 0.773 bits per heavy atom. The smallest absolute Gasteiger partial charge is 0.418 e. The molecule has 2 saturated carbocycles. The SMILES string of the molecule is F[B-](F)(F)F.[Cu+].[PH3+][C@@H]1CCCC[C@H]1[PH3+].[PH3+][C@H]1CCCC[C@@H]1[PH3+]. The molecule has 0 bridgehead atoms. The minimum absolute atomic E-state index is 0. The van der Waals surface area contributed by atoms with Gasteiger partial charge in [-0.2, -0.15) is 0 Å². The van der Waals surface area contributed by atoms with Gasteiger partial charge in [0.05, 0.1) is 22.6 Å². The van der Waals surface area contributed by atoms with E-state index in [2.05, 4.69) is 37.0 Å². The van der Waals surface area contributed by atoms with Crippen molar-refractivity contribution in [2.24, 2.45) is 0 Å². The second-order valence-electron chi connectivity index (χ2n) is 6.10. The average molecular weight is 451 g/mol. The van der Waals surface area contributed by atoms with Crippen LogP contribution >= 0.6 is 37.0 Å². The van der Waals surface area contributed by atoms with Crippen LogP contribution in [0.3, 0.4) is 0 Å². The van der Waals surface area contributed by atoms with Crippen LogP contribution in [0.15, 0.2) is 0 Å². The molecule has 2 fully saturated rings. The van der Waals surface area contributed by atoms with Gasteiger partial charge in [0, 0.05) is 0 Å². The van der Waals surface area contributed by atoms with E-state index in [0.717, 1.165) is 22.6 Å². The molecule has 0 aliphatic heterocycles. The van der Waals surface area contributed by atoms with Gasteiger partial charge in [0.1, 0.15) is 0 Å². The van der Waals surface area contributed by atoms with Crippen LogP contribution in [-0.2, 0) is 17.1 Å². The predicted molar refractivity (Wildman–Crippen MR) is 107 cm³/mol. The molecule has 0 N–H and O–H groups in total. The molecule has 0 heterocycles. The Labute approximate surface area is 152 Å². The zero-order valence-electron chi connectivity index (χ0n) is 13.2. The maximum Gasteiger partial charge on any atom is 1.00 e. The van der Waals surface area contributed by atoms with Gasteiger partial charge < -0.3 is 17.3 Å². The molecule has 0 radical (unpaired) electrons. The summed E-state index contributed by atoms with van der Waals surface area (Å²) in [6.45, 7) is 0. The molecule has 0 aromatic rings. The van der Waals surface area contributed by atoms with Crippen molar-refractivity contribution in [2.75, 3.05) is 0 Å². The van der Waals surface area contributed by atoms with Crippen LogP contribution in [0.25, 0.3) is 0 Å². The largest absolute Gasteiger partial charge is 1.00 e. The fraction of sp³-hybridized carbons (Fsp3) is 1.00. The van der Waals surface area contributed by atoms with Crippen LogP contribution in [0.5, 0.6) is 0 Å². The molecule has 0 amide bonds. The Morgan fingerprint density at radius 1 is 0.545 bits per heavy atom. The van der Waals surface area contributed by atoms with E-state index in [0.29, 0.717) is 0 Å². The van der Waals surface area contributed by atoms with Crippen LogP contribution in [0.1, 0.15) is 51.4 Å². The Kier molecular flexibility index (Phi) is 17.0. The fourth-order valence-corrected chi connectivity index (χ4v) is 4.67. The van der Waals surface area contributed by atoms with Crippen LogP contribution in [0, 0.1) is 0 Å². The van der Waals surface area contributed by atoms with Gasteiger partial charge in [0.2, 0.25) is 0 Å². The van der Waals surface area contributed by atoms with Gasteiger partial charge >= 0.3 is 24.3 Å². The summed E-state index contributed by atoms with van der Waals surface area (Å²) in [6.07, 6.45) is 11.9. The van der Waals surface area contributed by atoms with Gasteiger partial charge in [0.15, 0.2) is 0 Å². The Hall–Kier alpha value is 2.02. The van der Waals surface area contributed by atoms with E-state index < -0.39 is 7.25 Å². The maximum absolute atomic E-state index is 9.75. The predicted octanol–water partition coefficient (Wildman–Crippen LogP) is 4.32. The van der Waals surface area contributed by atoms with Crippen LogP contribution in [-0.4, -0.2) is 29.9 Å². The first kappa shape index (κ1) is 26.3. The summed E-state index contributed by atoms with van der Waals surface area (Å²) in [5.41, 5.74) is 4.17. The van der Waals surface area contributed by atoms with Gasteiger partial charge in [-0.3, -0.25) is 0 Å². The molecule has 0 nitrogen and oxygen atoms in total. The molecule has 4 unspecified atom stereocenters. The van der Waals surface area contributed by atoms with Crippen molar-refractivity contribution in [3.63, 3.8) is 0 Å². The molecule has 0 aromatic carbocycles. The van der Waals surface area contributed by atoms with Gasteiger partial charge in [0.25, 0.3) is 0 Å². The minimum atomic E-state index is -6.00. The van der Waals surface area contributed by atoms with Crippen molar-refractivity contribution in [1.82, 2.24) is 0 Å². The first-order valence-corrected chi connectivity index (χ1v) is 11.1. The summed E-state index contributed by atoms with van der Waals surface area (Å²) in [4.78, 5) is 0. The van der Waals surface area contributed by atoms with E-state index in [1.54, 1.807) is 0 Å². The first-order valence-electron chi connectivity index (χ1n) is 7.81. The Bertz CT molecular complexity index is 228. The Balaban J connectivity index is 0. The number of halogens is 4. The van der Waals surface area contributed by atoms with E-state index >= 15 is 0 Å². The third-order valence-electron chi connectivity index (χ3n) is 4.13. The molecule has 10 heteroatoms. The van der Waals surface area contributed by atoms with Crippen molar-refractivity contribution < 1.29 is 34.3 Å². The monoisotopic (exact) mass is 450 g/mol. The van der Waals surface area contributed by atoms with Crippen LogP contribution in [0.4, 0.5) is 17.3 Å². The quantitative estimate of drug-likeness (QED) is 0.293. The maximum atomic E-state index is 9.75. The van der Waals surface area contributed by atoms with E-state index in [1.165, 1.54) is 51.4 Å². The Morgan fingerprint density at radius 2 is 0.682 bits per heavy atom. The average Bonchev–Trinajstić information content (AvgIpc) is 2.35. The summed E-state index contributed by atoms with van der Waals surface area (Å²) in [6, 6.07) is 0. The normalized spacial score (nSPS) is 32.2. The molecule has 22 heavy (non-hydrogen) atoms. The zero-order valence-corrected chi connectivity index (χ0v) is 19.8. The van der Waals surface area contributed by atoms with E-state index in [9.17, 15) is 17.3 Å². The van der Waals surface area contributed by atoms with Crippen molar-refractivity contribution in [2.45, 2.75) is 74.0 Å². The third-order valence-corrected chi connectivity index (χ3v) is 9.77. The topological polar surface area (TPSA) is 0 Å². The molecule has 0 spiro atoms. The molecule has 0 aromatic heterocycles. The molecule has 2 rings (SSSR count). The first-order chi connectivity index (χ1) is 9.61. The van der Waals surface area contributed by atoms with Gasteiger partial charge in [-0.05, 0) is 88.3 Å². The van der Waals surface area contributed by atoms with Gasteiger partial charge in [-0.25, -0.2) is 0 Å². The molecule has 8 atom stereocenters. The zero-order chi connectivity index (χ0) is 16.5. The van der Waals surface area contributed by atoms with Crippen molar-refractivity contribution >= 4 is 44.2 Å². The second kappa shape index (κ2) is 14.2. The van der Waals surface area contributed by atoms with Crippen LogP contribution < -0.4 is 0 Å². The molecular formula is C12H32BCuF4P4+4. The number of rotatable bonds is 0. The molecule has 0 saturated heterocycles. The summed E-state index contributed by atoms with van der Waals surface area (Å²) < 4.78 is 39.0. The van der Waals surface area contributed by atoms with Crippen molar-refractivity contribution in [1.29, 1.82) is 0 Å². The molecule has 2 aliphatic carbocycles. The van der Waals surface area contributed by atoms with Crippen LogP contribution in [0.2, 0.25) is 0 Å². The van der Waals surface area contributed by atoms with E-state index in [1.807, 2.05) is 0 Å². The molecular weight excluding hydrogens is 418 g/mol. The number of hydrogen-bond acceptors (Lipinski definition) is 0. The molecule has 2 aliphatic rings. The standard InChI is InChI=1S/2C6H14P2.BF4.Cu/c2*7-5-3-1-2-4-6(5)8;2-1(3,4)5;/h2*5-6H,1-4,7-8H2;;/q;;-1;+1/p+4/t2*5-,6-;;/m10../s1. The molecule has 138 valence electrons.